The number of halogens is 1. The van der Waals surface area contributed by atoms with Crippen LogP contribution in [0.5, 0.6) is 0 Å². The Morgan fingerprint density at radius 1 is 1.38 bits per heavy atom. The summed E-state index contributed by atoms with van der Waals surface area (Å²) in [5, 5.41) is 14.5. The highest BCUT2D eigenvalue weighted by Gasteiger charge is 2.22. The van der Waals surface area contributed by atoms with Crippen molar-refractivity contribution in [2.45, 2.75) is 19.4 Å². The highest BCUT2D eigenvalue weighted by molar-refractivity contribution is 7.98. The number of rotatable bonds is 5. The molecule has 0 radical (unpaired) electrons. The van der Waals surface area contributed by atoms with Crippen molar-refractivity contribution in [2.75, 3.05) is 23.9 Å². The molecule has 5 nitrogen and oxygen atoms in total. The fraction of sp³-hybridized carbons (Fsp3) is 0.429. The van der Waals surface area contributed by atoms with Crippen LogP contribution in [-0.4, -0.2) is 41.1 Å². The summed E-state index contributed by atoms with van der Waals surface area (Å²) in [6.45, 7) is 3.13. The van der Waals surface area contributed by atoms with Crippen molar-refractivity contribution in [3.8, 4) is 0 Å². The standard InChI is InChI=1S/C14H19FN2O3S/c1-9-4-5-10(6-11(9)15)17-13(19)12(18)16-7-14(2,20)8-21-3/h4-6,20H,7-8H2,1-3H3,(H,16,18)(H,17,19). The molecule has 0 saturated carbocycles. The van der Waals surface area contributed by atoms with Crippen LogP contribution in [0.1, 0.15) is 12.5 Å². The van der Waals surface area contributed by atoms with Crippen molar-refractivity contribution in [1.29, 1.82) is 0 Å². The number of thioether (sulfide) groups is 1. The minimum atomic E-state index is -1.09. The Bertz CT molecular complexity index is 535. The van der Waals surface area contributed by atoms with Crippen LogP contribution in [0.25, 0.3) is 0 Å². The average molecular weight is 314 g/mol. The third kappa shape index (κ3) is 5.73. The molecular formula is C14H19FN2O3S. The Kier molecular flexibility index (Phi) is 6.17. The molecule has 0 fully saturated rings. The van der Waals surface area contributed by atoms with E-state index in [-0.39, 0.29) is 12.2 Å². The minimum Gasteiger partial charge on any atom is -0.387 e. The number of carbonyl (C=O) groups is 2. The minimum absolute atomic E-state index is 0.0393. The van der Waals surface area contributed by atoms with E-state index in [1.165, 1.54) is 23.9 Å². The number of benzene rings is 1. The Hall–Kier alpha value is -1.60. The van der Waals surface area contributed by atoms with Gasteiger partial charge in [-0.3, -0.25) is 9.59 Å². The summed E-state index contributed by atoms with van der Waals surface area (Å²) in [4.78, 5) is 23.3. The van der Waals surface area contributed by atoms with Crippen molar-refractivity contribution in [1.82, 2.24) is 5.32 Å². The lowest BCUT2D eigenvalue weighted by atomic mass is 10.1. The quantitative estimate of drug-likeness (QED) is 0.716. The summed E-state index contributed by atoms with van der Waals surface area (Å²) in [6.07, 6.45) is 1.83. The summed E-state index contributed by atoms with van der Waals surface area (Å²) < 4.78 is 13.3. The molecular weight excluding hydrogens is 295 g/mol. The number of aryl methyl sites for hydroxylation is 1. The summed E-state index contributed by atoms with van der Waals surface area (Å²) >= 11 is 1.43. The predicted molar refractivity (Wildman–Crippen MR) is 81.8 cm³/mol. The van der Waals surface area contributed by atoms with Crippen LogP contribution in [-0.2, 0) is 9.59 Å². The first-order valence-corrected chi connectivity index (χ1v) is 7.71. The van der Waals surface area contributed by atoms with Gasteiger partial charge >= 0.3 is 11.8 Å². The SMILES string of the molecule is CSCC(C)(O)CNC(=O)C(=O)Nc1ccc(C)c(F)c1. The molecule has 1 rings (SSSR count). The molecule has 7 heteroatoms. The van der Waals surface area contributed by atoms with E-state index in [1.807, 2.05) is 6.26 Å². The van der Waals surface area contributed by atoms with Crippen molar-refractivity contribution in [3.63, 3.8) is 0 Å². The second-order valence-electron chi connectivity index (χ2n) is 5.03. The molecule has 2 amide bonds. The van der Waals surface area contributed by atoms with E-state index < -0.39 is 23.2 Å². The zero-order chi connectivity index (χ0) is 16.0. The van der Waals surface area contributed by atoms with Gasteiger partial charge in [-0.1, -0.05) is 6.07 Å². The molecule has 0 saturated heterocycles. The Morgan fingerprint density at radius 3 is 2.62 bits per heavy atom. The molecule has 1 atom stereocenters. The second kappa shape index (κ2) is 7.42. The third-order valence-electron chi connectivity index (χ3n) is 2.72. The van der Waals surface area contributed by atoms with Gasteiger partial charge in [-0.05, 0) is 37.8 Å². The van der Waals surface area contributed by atoms with E-state index in [9.17, 15) is 19.1 Å². The Balaban J connectivity index is 2.55. The van der Waals surface area contributed by atoms with E-state index in [1.54, 1.807) is 13.8 Å². The van der Waals surface area contributed by atoms with Crippen LogP contribution in [0, 0.1) is 12.7 Å². The normalized spacial score (nSPS) is 13.4. The van der Waals surface area contributed by atoms with Gasteiger partial charge in [0, 0.05) is 18.0 Å². The van der Waals surface area contributed by atoms with Gasteiger partial charge in [0.25, 0.3) is 0 Å². The third-order valence-corrected chi connectivity index (χ3v) is 3.63. The molecule has 0 spiro atoms. The van der Waals surface area contributed by atoms with Gasteiger partial charge in [-0.25, -0.2) is 4.39 Å². The molecule has 0 aliphatic heterocycles. The first kappa shape index (κ1) is 17.5. The molecule has 1 unspecified atom stereocenters. The topological polar surface area (TPSA) is 78.4 Å². The van der Waals surface area contributed by atoms with Crippen LogP contribution in [0.15, 0.2) is 18.2 Å². The van der Waals surface area contributed by atoms with Gasteiger partial charge < -0.3 is 15.7 Å². The fourth-order valence-corrected chi connectivity index (χ4v) is 2.30. The van der Waals surface area contributed by atoms with Crippen LogP contribution in [0.3, 0.4) is 0 Å². The summed E-state index contributed by atoms with van der Waals surface area (Å²) in [5.41, 5.74) is -0.439. The number of amides is 2. The monoisotopic (exact) mass is 314 g/mol. The predicted octanol–water partition coefficient (Wildman–Crippen LogP) is 1.30. The van der Waals surface area contributed by atoms with E-state index in [0.29, 0.717) is 11.3 Å². The van der Waals surface area contributed by atoms with Crippen molar-refractivity contribution in [2.24, 2.45) is 0 Å². The number of hydrogen-bond acceptors (Lipinski definition) is 4. The van der Waals surface area contributed by atoms with Gasteiger partial charge in [-0.15, -0.1) is 0 Å². The molecule has 1 aromatic carbocycles. The van der Waals surface area contributed by atoms with Gasteiger partial charge in [0.2, 0.25) is 0 Å². The van der Waals surface area contributed by atoms with Crippen LogP contribution < -0.4 is 10.6 Å². The second-order valence-corrected chi connectivity index (χ2v) is 5.90. The van der Waals surface area contributed by atoms with Crippen molar-refractivity contribution in [3.05, 3.63) is 29.6 Å². The first-order chi connectivity index (χ1) is 9.75. The molecule has 0 heterocycles. The number of carbonyl (C=O) groups excluding carboxylic acids is 2. The number of hydrogen-bond donors (Lipinski definition) is 3. The maximum absolute atomic E-state index is 13.3. The fourth-order valence-electron chi connectivity index (χ4n) is 1.57. The number of aliphatic hydroxyl groups is 1. The molecule has 0 aliphatic carbocycles. The lowest BCUT2D eigenvalue weighted by molar-refractivity contribution is -0.136. The van der Waals surface area contributed by atoms with Crippen LogP contribution in [0.2, 0.25) is 0 Å². The smallest absolute Gasteiger partial charge is 0.313 e. The molecule has 0 bridgehead atoms. The number of nitrogens with one attached hydrogen (secondary N) is 2. The molecule has 21 heavy (non-hydrogen) atoms. The largest absolute Gasteiger partial charge is 0.387 e. The molecule has 0 aliphatic rings. The molecule has 3 N–H and O–H groups in total. The summed E-state index contributed by atoms with van der Waals surface area (Å²) in [6, 6.07) is 4.16. The van der Waals surface area contributed by atoms with Crippen LogP contribution >= 0.6 is 11.8 Å². The van der Waals surface area contributed by atoms with Crippen molar-refractivity contribution >= 4 is 29.3 Å². The van der Waals surface area contributed by atoms with Gasteiger partial charge in [-0.2, -0.15) is 11.8 Å². The maximum Gasteiger partial charge on any atom is 0.313 e. The zero-order valence-corrected chi connectivity index (χ0v) is 13.0. The van der Waals surface area contributed by atoms with Gasteiger partial charge in [0.05, 0.1) is 5.60 Å². The van der Waals surface area contributed by atoms with Gasteiger partial charge in [0.15, 0.2) is 0 Å². The highest BCUT2D eigenvalue weighted by atomic mass is 32.2. The first-order valence-electron chi connectivity index (χ1n) is 6.32. The highest BCUT2D eigenvalue weighted by Crippen LogP contribution is 2.13. The molecule has 1 aromatic rings. The lowest BCUT2D eigenvalue weighted by Crippen LogP contribution is -2.45. The average Bonchev–Trinajstić information content (AvgIpc) is 2.40. The summed E-state index contributed by atoms with van der Waals surface area (Å²) in [5.74, 6) is -1.82. The van der Waals surface area contributed by atoms with Gasteiger partial charge in [0.1, 0.15) is 5.82 Å². The van der Waals surface area contributed by atoms with E-state index in [4.69, 9.17) is 0 Å². The Labute approximate surface area is 127 Å². The molecule has 0 aromatic heterocycles. The van der Waals surface area contributed by atoms with Crippen molar-refractivity contribution < 1.29 is 19.1 Å². The van der Waals surface area contributed by atoms with Crippen LogP contribution in [0.4, 0.5) is 10.1 Å². The zero-order valence-electron chi connectivity index (χ0n) is 12.2. The van der Waals surface area contributed by atoms with E-state index in [0.717, 1.165) is 6.07 Å². The maximum atomic E-state index is 13.3. The lowest BCUT2D eigenvalue weighted by Gasteiger charge is -2.22. The Morgan fingerprint density at radius 2 is 2.05 bits per heavy atom. The molecule has 116 valence electrons. The van der Waals surface area contributed by atoms with E-state index in [2.05, 4.69) is 10.6 Å². The summed E-state index contributed by atoms with van der Waals surface area (Å²) in [7, 11) is 0. The number of anilines is 1. The van der Waals surface area contributed by atoms with E-state index >= 15 is 0 Å².